The molecule has 5 nitrogen and oxygen atoms in total. The predicted molar refractivity (Wildman–Crippen MR) is 110 cm³/mol. The molecule has 5 heteroatoms. The van der Waals surface area contributed by atoms with Gasteiger partial charge in [-0.25, -0.2) is 0 Å². The lowest BCUT2D eigenvalue weighted by molar-refractivity contribution is 0.0753. The molecular formula is C23H26N2O3. The van der Waals surface area contributed by atoms with Crippen LogP contribution < -0.4 is 9.64 Å². The van der Waals surface area contributed by atoms with Crippen molar-refractivity contribution in [3.05, 3.63) is 65.2 Å². The van der Waals surface area contributed by atoms with Crippen LogP contribution in [0.3, 0.4) is 0 Å². The molecule has 0 fully saturated rings. The van der Waals surface area contributed by atoms with Crippen LogP contribution in [0.15, 0.2) is 48.5 Å². The van der Waals surface area contributed by atoms with Crippen molar-refractivity contribution in [3.63, 3.8) is 0 Å². The van der Waals surface area contributed by atoms with Gasteiger partial charge in [0.1, 0.15) is 18.5 Å². The number of fused-ring (bicyclic) bond motifs is 1. The number of nitriles is 1. The molecule has 0 saturated heterocycles. The Bertz CT molecular complexity index is 842. The molecule has 0 aromatic heterocycles. The van der Waals surface area contributed by atoms with Crippen LogP contribution in [0.2, 0.25) is 0 Å². The van der Waals surface area contributed by atoms with Crippen LogP contribution in [-0.4, -0.2) is 33.1 Å². The van der Waals surface area contributed by atoms with Crippen molar-refractivity contribution < 1.29 is 14.2 Å². The van der Waals surface area contributed by atoms with Gasteiger partial charge in [-0.05, 0) is 30.5 Å². The summed E-state index contributed by atoms with van der Waals surface area (Å²) in [4.78, 5) is 2.22. The summed E-state index contributed by atoms with van der Waals surface area (Å²) in [7, 11) is 0. The first-order chi connectivity index (χ1) is 13.8. The van der Waals surface area contributed by atoms with Gasteiger partial charge in [-0.2, -0.15) is 5.26 Å². The SMILES string of the molecule is Cc1cccc(COCCCOCN2CC=Cc3ccccc32)c1OCC#N. The summed E-state index contributed by atoms with van der Waals surface area (Å²) >= 11 is 0. The van der Waals surface area contributed by atoms with Gasteiger partial charge >= 0.3 is 0 Å². The summed E-state index contributed by atoms with van der Waals surface area (Å²) < 4.78 is 17.1. The Morgan fingerprint density at radius 1 is 1.07 bits per heavy atom. The topological polar surface area (TPSA) is 54.7 Å². The molecule has 2 aromatic rings. The molecule has 0 spiro atoms. The van der Waals surface area contributed by atoms with Crippen molar-refractivity contribution in [1.82, 2.24) is 0 Å². The largest absolute Gasteiger partial charge is 0.478 e. The second-order valence-corrected chi connectivity index (χ2v) is 6.64. The van der Waals surface area contributed by atoms with Crippen molar-refractivity contribution in [2.75, 3.05) is 38.0 Å². The van der Waals surface area contributed by atoms with Gasteiger partial charge < -0.3 is 19.1 Å². The van der Waals surface area contributed by atoms with Crippen molar-refractivity contribution in [1.29, 1.82) is 5.26 Å². The van der Waals surface area contributed by atoms with Crippen molar-refractivity contribution in [2.45, 2.75) is 20.0 Å². The number of hydrogen-bond acceptors (Lipinski definition) is 5. The molecule has 3 rings (SSSR count). The first kappa shape index (κ1) is 19.9. The highest BCUT2D eigenvalue weighted by Gasteiger charge is 2.12. The molecular weight excluding hydrogens is 352 g/mol. The van der Waals surface area contributed by atoms with Gasteiger partial charge in [-0.1, -0.05) is 48.6 Å². The first-order valence-corrected chi connectivity index (χ1v) is 9.54. The van der Waals surface area contributed by atoms with Gasteiger partial charge in [0.25, 0.3) is 0 Å². The second-order valence-electron chi connectivity index (χ2n) is 6.64. The summed E-state index contributed by atoms with van der Waals surface area (Å²) in [5.74, 6) is 0.747. The maximum absolute atomic E-state index is 8.73. The van der Waals surface area contributed by atoms with Gasteiger partial charge in [-0.3, -0.25) is 0 Å². The third kappa shape index (κ3) is 5.35. The van der Waals surface area contributed by atoms with E-state index in [-0.39, 0.29) is 6.61 Å². The summed E-state index contributed by atoms with van der Waals surface area (Å²) in [6.07, 6.45) is 5.13. The Balaban J connectivity index is 1.36. The highest BCUT2D eigenvalue weighted by molar-refractivity contribution is 5.70. The highest BCUT2D eigenvalue weighted by atomic mass is 16.5. The normalized spacial score (nSPS) is 12.5. The average Bonchev–Trinajstić information content (AvgIpc) is 2.72. The summed E-state index contributed by atoms with van der Waals surface area (Å²) in [6.45, 7) is 5.18. The fourth-order valence-corrected chi connectivity index (χ4v) is 3.20. The smallest absolute Gasteiger partial charge is 0.174 e. The van der Waals surface area contributed by atoms with E-state index in [1.54, 1.807) is 0 Å². The fourth-order valence-electron chi connectivity index (χ4n) is 3.20. The molecule has 1 aliphatic rings. The molecule has 1 aliphatic heterocycles. The first-order valence-electron chi connectivity index (χ1n) is 9.54. The Labute approximate surface area is 166 Å². The van der Waals surface area contributed by atoms with Crippen LogP contribution in [0.25, 0.3) is 6.08 Å². The van der Waals surface area contributed by atoms with Crippen LogP contribution in [0.5, 0.6) is 5.75 Å². The molecule has 0 radical (unpaired) electrons. The van der Waals surface area contributed by atoms with Gasteiger partial charge in [0.05, 0.1) is 13.2 Å². The minimum Gasteiger partial charge on any atom is -0.478 e. The number of ether oxygens (including phenoxy) is 3. The third-order valence-corrected chi connectivity index (χ3v) is 4.56. The molecule has 0 amide bonds. The Morgan fingerprint density at radius 3 is 2.82 bits per heavy atom. The number of hydrogen-bond donors (Lipinski definition) is 0. The number of para-hydroxylation sites is 2. The lowest BCUT2D eigenvalue weighted by Gasteiger charge is -2.27. The maximum atomic E-state index is 8.73. The Hall–Kier alpha value is -2.81. The minimum atomic E-state index is 0.0422. The third-order valence-electron chi connectivity index (χ3n) is 4.56. The number of rotatable bonds is 10. The number of benzene rings is 2. The average molecular weight is 378 g/mol. The predicted octanol–water partition coefficient (Wildman–Crippen LogP) is 4.31. The molecule has 146 valence electrons. The van der Waals surface area contributed by atoms with Gasteiger partial charge in [0.15, 0.2) is 6.61 Å². The molecule has 0 atom stereocenters. The number of aryl methyl sites for hydroxylation is 1. The zero-order valence-corrected chi connectivity index (χ0v) is 16.3. The fraction of sp³-hybridized carbons (Fsp3) is 0.348. The van der Waals surface area contributed by atoms with Crippen LogP contribution >= 0.6 is 0 Å². The van der Waals surface area contributed by atoms with E-state index in [9.17, 15) is 0 Å². The number of nitrogens with zero attached hydrogens (tertiary/aromatic N) is 2. The van der Waals surface area contributed by atoms with Crippen LogP contribution in [-0.2, 0) is 16.1 Å². The monoisotopic (exact) mass is 378 g/mol. The van der Waals surface area contributed by atoms with Crippen molar-refractivity contribution in [3.8, 4) is 11.8 Å². The standard InChI is InChI=1S/C23H26N2O3/c1-19-7-4-9-21(23(19)28-16-12-24)17-26-14-6-15-27-18-25-13-5-10-20-8-2-3-11-22(20)25/h2-5,7-11H,6,13-18H2,1H3. The zero-order chi connectivity index (χ0) is 19.6. The molecule has 0 N–H and O–H groups in total. The minimum absolute atomic E-state index is 0.0422. The van der Waals surface area contributed by atoms with Gasteiger partial charge in [0, 0.05) is 24.4 Å². The van der Waals surface area contributed by atoms with E-state index in [0.29, 0.717) is 26.6 Å². The quantitative estimate of drug-likeness (QED) is 0.577. The van der Waals surface area contributed by atoms with E-state index in [0.717, 1.165) is 29.8 Å². The molecule has 0 saturated carbocycles. The van der Waals surface area contributed by atoms with Crippen LogP contribution in [0.1, 0.15) is 23.1 Å². The van der Waals surface area contributed by atoms with Crippen LogP contribution in [0.4, 0.5) is 5.69 Å². The summed E-state index contributed by atoms with van der Waals surface area (Å²) in [6, 6.07) is 16.3. The lowest BCUT2D eigenvalue weighted by Crippen LogP contribution is -2.29. The molecule has 0 bridgehead atoms. The van der Waals surface area contributed by atoms with E-state index < -0.39 is 0 Å². The molecule has 1 heterocycles. The molecule has 2 aromatic carbocycles. The number of anilines is 1. The van der Waals surface area contributed by atoms with Crippen molar-refractivity contribution >= 4 is 11.8 Å². The van der Waals surface area contributed by atoms with Gasteiger partial charge in [0.2, 0.25) is 0 Å². The Kier molecular flexibility index (Phi) is 7.48. The van der Waals surface area contributed by atoms with E-state index >= 15 is 0 Å². The lowest BCUT2D eigenvalue weighted by atomic mass is 10.1. The van der Waals surface area contributed by atoms with Crippen molar-refractivity contribution in [2.24, 2.45) is 0 Å². The van der Waals surface area contributed by atoms with E-state index in [1.807, 2.05) is 31.2 Å². The highest BCUT2D eigenvalue weighted by Crippen LogP contribution is 2.25. The maximum Gasteiger partial charge on any atom is 0.174 e. The van der Waals surface area contributed by atoms with Crippen LogP contribution in [0, 0.1) is 18.3 Å². The van der Waals surface area contributed by atoms with Gasteiger partial charge in [-0.15, -0.1) is 0 Å². The Morgan fingerprint density at radius 2 is 1.93 bits per heavy atom. The summed E-state index contributed by atoms with van der Waals surface area (Å²) in [5, 5.41) is 8.73. The second kappa shape index (κ2) is 10.5. The molecule has 28 heavy (non-hydrogen) atoms. The van der Waals surface area contributed by atoms with E-state index in [4.69, 9.17) is 19.5 Å². The van der Waals surface area contributed by atoms with E-state index in [1.165, 1.54) is 11.3 Å². The molecule has 0 unspecified atom stereocenters. The molecule has 0 aliphatic carbocycles. The summed E-state index contributed by atoms with van der Waals surface area (Å²) in [5.41, 5.74) is 4.42. The van der Waals surface area contributed by atoms with E-state index in [2.05, 4.69) is 41.3 Å². The zero-order valence-electron chi connectivity index (χ0n) is 16.3.